The van der Waals surface area contributed by atoms with Gasteiger partial charge in [-0.2, -0.15) is 0 Å². The normalized spacial score (nSPS) is 11.2. The molecule has 0 radical (unpaired) electrons. The highest BCUT2D eigenvalue weighted by Crippen LogP contribution is 2.28. The lowest BCUT2D eigenvalue weighted by Gasteiger charge is -2.11. The Labute approximate surface area is 88.4 Å². The molecule has 1 rings (SSSR count). The van der Waals surface area contributed by atoms with E-state index in [0.717, 1.165) is 12.1 Å². The summed E-state index contributed by atoms with van der Waals surface area (Å²) in [5.41, 5.74) is 4.53. The van der Waals surface area contributed by atoms with E-state index in [9.17, 15) is 18.0 Å². The highest BCUT2D eigenvalue weighted by Gasteiger charge is 2.32. The van der Waals surface area contributed by atoms with Crippen molar-refractivity contribution in [3.63, 3.8) is 0 Å². The van der Waals surface area contributed by atoms with Crippen LogP contribution in [0.3, 0.4) is 0 Å². The Morgan fingerprint density at radius 3 is 2.47 bits per heavy atom. The lowest BCUT2D eigenvalue weighted by molar-refractivity contribution is -0.274. The number of halogens is 3. The van der Waals surface area contributed by atoms with Crippen molar-refractivity contribution in [3.05, 3.63) is 23.8 Å². The summed E-state index contributed by atoms with van der Waals surface area (Å²) in [6.07, 6.45) is -4.87. The van der Waals surface area contributed by atoms with Crippen molar-refractivity contribution in [3.8, 4) is 5.75 Å². The summed E-state index contributed by atoms with van der Waals surface area (Å²) in [5.74, 6) is -1.65. The Kier molecular flexibility index (Phi) is 3.13. The first kappa shape index (κ1) is 11.7. The molecule has 0 spiro atoms. The van der Waals surface area contributed by atoms with Crippen molar-refractivity contribution >= 4 is 18.5 Å². The molecule has 82 valence electrons. The summed E-state index contributed by atoms with van der Waals surface area (Å²) < 4.78 is 39.4. The SMILES string of the molecule is NC(=O)c1ccc(S)cc1OC(F)(F)F. The van der Waals surface area contributed by atoms with Crippen molar-refractivity contribution in [1.82, 2.24) is 0 Å². The zero-order chi connectivity index (χ0) is 11.6. The van der Waals surface area contributed by atoms with Gasteiger partial charge in [0.05, 0.1) is 5.56 Å². The molecule has 0 aliphatic carbocycles. The van der Waals surface area contributed by atoms with E-state index in [1.54, 1.807) is 0 Å². The topological polar surface area (TPSA) is 52.3 Å². The lowest BCUT2D eigenvalue weighted by atomic mass is 10.2. The average molecular weight is 237 g/mol. The molecule has 0 unspecified atom stereocenters. The van der Waals surface area contributed by atoms with Crippen molar-refractivity contribution < 1.29 is 22.7 Å². The number of hydrogen-bond acceptors (Lipinski definition) is 3. The van der Waals surface area contributed by atoms with E-state index >= 15 is 0 Å². The second-order valence-electron chi connectivity index (χ2n) is 2.59. The largest absolute Gasteiger partial charge is 0.573 e. The lowest BCUT2D eigenvalue weighted by Crippen LogP contribution is -2.21. The van der Waals surface area contributed by atoms with Crippen LogP contribution in [0.2, 0.25) is 0 Å². The fraction of sp³-hybridized carbons (Fsp3) is 0.125. The first-order chi connectivity index (χ1) is 6.79. The van der Waals surface area contributed by atoms with Gasteiger partial charge in [0, 0.05) is 4.90 Å². The molecule has 0 saturated heterocycles. The van der Waals surface area contributed by atoms with Crippen LogP contribution in [-0.2, 0) is 0 Å². The number of amides is 1. The smallest absolute Gasteiger partial charge is 0.405 e. The van der Waals surface area contributed by atoms with Crippen molar-refractivity contribution in [2.24, 2.45) is 5.73 Å². The predicted octanol–water partition coefficient (Wildman–Crippen LogP) is 1.97. The van der Waals surface area contributed by atoms with Crippen LogP contribution in [0, 0.1) is 0 Å². The molecule has 15 heavy (non-hydrogen) atoms. The maximum Gasteiger partial charge on any atom is 0.573 e. The molecule has 0 aliphatic heterocycles. The Morgan fingerprint density at radius 2 is 2.00 bits per heavy atom. The average Bonchev–Trinajstić information content (AvgIpc) is 1.99. The molecule has 0 fully saturated rings. The van der Waals surface area contributed by atoms with Gasteiger partial charge in [-0.15, -0.1) is 25.8 Å². The number of rotatable bonds is 2. The highest BCUT2D eigenvalue weighted by molar-refractivity contribution is 7.80. The minimum absolute atomic E-state index is 0.235. The van der Waals surface area contributed by atoms with E-state index in [1.807, 2.05) is 0 Å². The van der Waals surface area contributed by atoms with Gasteiger partial charge in [-0.25, -0.2) is 0 Å². The number of nitrogens with two attached hydrogens (primary N) is 1. The summed E-state index contributed by atoms with van der Waals surface area (Å²) in [7, 11) is 0. The van der Waals surface area contributed by atoms with E-state index in [2.05, 4.69) is 17.4 Å². The number of primary amides is 1. The van der Waals surface area contributed by atoms with E-state index in [0.29, 0.717) is 0 Å². The van der Waals surface area contributed by atoms with E-state index in [-0.39, 0.29) is 10.5 Å². The summed E-state index contributed by atoms with van der Waals surface area (Å²) in [4.78, 5) is 11.0. The first-order valence-corrected chi connectivity index (χ1v) is 4.13. The van der Waals surface area contributed by atoms with E-state index in [1.165, 1.54) is 6.07 Å². The van der Waals surface area contributed by atoms with Crippen LogP contribution in [0.5, 0.6) is 5.75 Å². The van der Waals surface area contributed by atoms with Gasteiger partial charge in [-0.05, 0) is 18.2 Å². The van der Waals surface area contributed by atoms with Gasteiger partial charge < -0.3 is 10.5 Å². The first-order valence-electron chi connectivity index (χ1n) is 3.68. The molecule has 1 aromatic rings. The van der Waals surface area contributed by atoms with Crippen molar-refractivity contribution in [2.45, 2.75) is 11.3 Å². The molecule has 0 atom stereocenters. The zero-order valence-corrected chi connectivity index (χ0v) is 8.10. The van der Waals surface area contributed by atoms with Gasteiger partial charge in [-0.1, -0.05) is 0 Å². The van der Waals surface area contributed by atoms with Gasteiger partial charge in [0.2, 0.25) is 0 Å². The fourth-order valence-corrected chi connectivity index (χ4v) is 1.12. The quantitative estimate of drug-likeness (QED) is 0.772. The van der Waals surface area contributed by atoms with Crippen LogP contribution in [0.1, 0.15) is 10.4 Å². The Hall–Kier alpha value is -1.37. The van der Waals surface area contributed by atoms with Gasteiger partial charge in [0.25, 0.3) is 5.91 Å². The summed E-state index contributed by atoms with van der Waals surface area (Å²) in [6, 6.07) is 3.43. The number of thiol groups is 1. The van der Waals surface area contributed by atoms with Crippen LogP contribution in [-0.4, -0.2) is 12.3 Å². The maximum atomic E-state index is 11.9. The van der Waals surface area contributed by atoms with Crippen molar-refractivity contribution in [2.75, 3.05) is 0 Å². The molecule has 3 nitrogen and oxygen atoms in total. The second-order valence-corrected chi connectivity index (χ2v) is 3.11. The minimum atomic E-state index is -4.87. The van der Waals surface area contributed by atoms with Crippen LogP contribution in [0.4, 0.5) is 13.2 Å². The third-order valence-corrected chi connectivity index (χ3v) is 1.73. The fourth-order valence-electron chi connectivity index (χ4n) is 0.924. The molecule has 1 amide bonds. The molecule has 0 heterocycles. The zero-order valence-electron chi connectivity index (χ0n) is 7.21. The van der Waals surface area contributed by atoms with E-state index < -0.39 is 18.0 Å². The van der Waals surface area contributed by atoms with Gasteiger partial charge in [0.15, 0.2) is 0 Å². The van der Waals surface area contributed by atoms with Crippen molar-refractivity contribution in [1.29, 1.82) is 0 Å². The summed E-state index contributed by atoms with van der Waals surface area (Å²) in [5, 5.41) is 0. The second kappa shape index (κ2) is 4.01. The van der Waals surface area contributed by atoms with Crippen LogP contribution in [0.15, 0.2) is 23.1 Å². The minimum Gasteiger partial charge on any atom is -0.405 e. The third kappa shape index (κ3) is 3.35. The Balaban J connectivity index is 3.13. The number of alkyl halides is 3. The molecule has 1 aromatic carbocycles. The summed E-state index contributed by atoms with van der Waals surface area (Å²) in [6.45, 7) is 0. The number of hydrogen-bond donors (Lipinski definition) is 2. The van der Waals surface area contributed by atoms with Gasteiger partial charge in [-0.3, -0.25) is 4.79 Å². The number of carbonyl (C=O) groups is 1. The molecule has 0 bridgehead atoms. The summed E-state index contributed by atoms with van der Waals surface area (Å²) >= 11 is 3.82. The number of carbonyl (C=O) groups excluding carboxylic acids is 1. The molecule has 7 heteroatoms. The van der Waals surface area contributed by atoms with Crippen LogP contribution < -0.4 is 10.5 Å². The Bertz CT molecular complexity index is 392. The van der Waals surface area contributed by atoms with Crippen LogP contribution >= 0.6 is 12.6 Å². The number of ether oxygens (including phenoxy) is 1. The molecular formula is C8H6F3NO2S. The third-order valence-electron chi connectivity index (χ3n) is 1.46. The highest BCUT2D eigenvalue weighted by atomic mass is 32.1. The molecule has 0 aliphatic rings. The predicted molar refractivity (Wildman–Crippen MR) is 48.9 cm³/mol. The van der Waals surface area contributed by atoms with Crippen LogP contribution in [0.25, 0.3) is 0 Å². The molecule has 2 N–H and O–H groups in total. The maximum absolute atomic E-state index is 11.9. The van der Waals surface area contributed by atoms with Gasteiger partial charge >= 0.3 is 6.36 Å². The molecular weight excluding hydrogens is 231 g/mol. The Morgan fingerprint density at radius 1 is 1.40 bits per heavy atom. The van der Waals surface area contributed by atoms with E-state index in [4.69, 9.17) is 5.73 Å². The molecule has 0 saturated carbocycles. The standard InChI is InChI=1S/C8H6F3NO2S/c9-8(10,11)14-6-3-4(15)1-2-5(6)7(12)13/h1-3,15H,(H2,12,13). The molecule has 0 aromatic heterocycles. The number of benzene rings is 1. The van der Waals surface area contributed by atoms with Gasteiger partial charge in [0.1, 0.15) is 5.75 Å². The monoisotopic (exact) mass is 237 g/mol.